The number of hydrogen-bond acceptors (Lipinski definition) is 2. The minimum Gasteiger partial charge on any atom is -0.315 e. The lowest BCUT2D eigenvalue weighted by Gasteiger charge is -2.44. The SMILES string of the molecule is CCNCC1CCCCN1C1CCCC(CC)C1. The van der Waals surface area contributed by atoms with Gasteiger partial charge < -0.3 is 5.32 Å². The summed E-state index contributed by atoms with van der Waals surface area (Å²) in [7, 11) is 0. The lowest BCUT2D eigenvalue weighted by Crippen LogP contribution is -2.51. The highest BCUT2D eigenvalue weighted by Crippen LogP contribution is 2.32. The first-order valence-electron chi connectivity index (χ1n) is 8.31. The average Bonchev–Trinajstić information content (AvgIpc) is 2.45. The number of nitrogens with zero attached hydrogens (tertiary/aromatic N) is 1. The van der Waals surface area contributed by atoms with Gasteiger partial charge in [-0.2, -0.15) is 0 Å². The van der Waals surface area contributed by atoms with Crippen molar-refractivity contribution in [3.05, 3.63) is 0 Å². The summed E-state index contributed by atoms with van der Waals surface area (Å²) in [5, 5.41) is 3.57. The fraction of sp³-hybridized carbons (Fsp3) is 1.00. The molecule has 2 rings (SSSR count). The van der Waals surface area contributed by atoms with E-state index in [0.717, 1.165) is 24.5 Å². The van der Waals surface area contributed by atoms with Crippen molar-refractivity contribution in [2.45, 2.75) is 77.3 Å². The van der Waals surface area contributed by atoms with Crippen molar-refractivity contribution in [3.8, 4) is 0 Å². The fourth-order valence-corrected chi connectivity index (χ4v) is 3.97. The second-order valence-electron chi connectivity index (χ2n) is 6.29. The maximum absolute atomic E-state index is 3.57. The smallest absolute Gasteiger partial charge is 0.0223 e. The van der Waals surface area contributed by atoms with E-state index in [1.165, 1.54) is 64.5 Å². The largest absolute Gasteiger partial charge is 0.315 e. The first kappa shape index (κ1) is 14.3. The summed E-state index contributed by atoms with van der Waals surface area (Å²) in [5.41, 5.74) is 0. The highest BCUT2D eigenvalue weighted by Gasteiger charge is 2.31. The summed E-state index contributed by atoms with van der Waals surface area (Å²) in [6, 6.07) is 1.71. The van der Waals surface area contributed by atoms with Crippen LogP contribution >= 0.6 is 0 Å². The van der Waals surface area contributed by atoms with Crippen LogP contribution in [0.15, 0.2) is 0 Å². The highest BCUT2D eigenvalue weighted by atomic mass is 15.2. The summed E-state index contributed by atoms with van der Waals surface area (Å²) < 4.78 is 0. The Labute approximate surface area is 114 Å². The minimum atomic E-state index is 0.819. The number of rotatable bonds is 5. The number of likely N-dealkylation sites (N-methyl/N-ethyl adjacent to an activating group) is 1. The molecule has 106 valence electrons. The monoisotopic (exact) mass is 252 g/mol. The van der Waals surface area contributed by atoms with E-state index in [-0.39, 0.29) is 0 Å². The van der Waals surface area contributed by atoms with Gasteiger partial charge in [-0.25, -0.2) is 0 Å². The minimum absolute atomic E-state index is 0.819. The van der Waals surface area contributed by atoms with Crippen molar-refractivity contribution in [1.29, 1.82) is 0 Å². The van der Waals surface area contributed by atoms with Crippen LogP contribution in [-0.2, 0) is 0 Å². The molecule has 3 atom stereocenters. The third-order valence-corrected chi connectivity index (χ3v) is 5.10. The molecule has 2 fully saturated rings. The molecular formula is C16H32N2. The Bertz CT molecular complexity index is 229. The lowest BCUT2D eigenvalue weighted by molar-refractivity contribution is 0.0577. The first-order chi connectivity index (χ1) is 8.85. The zero-order valence-corrected chi connectivity index (χ0v) is 12.5. The molecule has 3 unspecified atom stereocenters. The zero-order chi connectivity index (χ0) is 12.8. The van der Waals surface area contributed by atoms with Gasteiger partial charge in [-0.3, -0.25) is 4.90 Å². The van der Waals surface area contributed by atoms with Crippen LogP contribution in [0.25, 0.3) is 0 Å². The second-order valence-corrected chi connectivity index (χ2v) is 6.29. The predicted molar refractivity (Wildman–Crippen MR) is 78.9 cm³/mol. The number of likely N-dealkylation sites (tertiary alicyclic amines) is 1. The number of piperidine rings is 1. The van der Waals surface area contributed by atoms with E-state index in [4.69, 9.17) is 0 Å². The summed E-state index contributed by atoms with van der Waals surface area (Å²) >= 11 is 0. The average molecular weight is 252 g/mol. The van der Waals surface area contributed by atoms with E-state index in [1.807, 2.05) is 0 Å². The van der Waals surface area contributed by atoms with Crippen LogP contribution in [-0.4, -0.2) is 36.6 Å². The molecular weight excluding hydrogens is 220 g/mol. The Morgan fingerprint density at radius 2 is 1.94 bits per heavy atom. The number of nitrogens with one attached hydrogen (secondary N) is 1. The molecule has 0 bridgehead atoms. The van der Waals surface area contributed by atoms with Crippen LogP contribution in [0.3, 0.4) is 0 Å². The molecule has 0 aromatic heterocycles. The summed E-state index contributed by atoms with van der Waals surface area (Å²) in [5.74, 6) is 1.01. The van der Waals surface area contributed by atoms with Crippen LogP contribution in [0.2, 0.25) is 0 Å². The standard InChI is InChI=1S/C16H32N2/c1-3-14-8-7-10-15(12-14)18-11-6-5-9-16(18)13-17-4-2/h14-17H,3-13H2,1-2H3. The van der Waals surface area contributed by atoms with Crippen molar-refractivity contribution in [3.63, 3.8) is 0 Å². The Kier molecular flexibility index (Phi) is 5.97. The second kappa shape index (κ2) is 7.49. The van der Waals surface area contributed by atoms with E-state index in [9.17, 15) is 0 Å². The van der Waals surface area contributed by atoms with Crippen LogP contribution < -0.4 is 5.32 Å². The van der Waals surface area contributed by atoms with Gasteiger partial charge in [0.2, 0.25) is 0 Å². The van der Waals surface area contributed by atoms with Gasteiger partial charge in [-0.05, 0) is 44.7 Å². The van der Waals surface area contributed by atoms with E-state index >= 15 is 0 Å². The molecule has 0 radical (unpaired) electrons. The molecule has 2 heteroatoms. The van der Waals surface area contributed by atoms with E-state index in [0.29, 0.717) is 0 Å². The molecule has 0 aromatic rings. The van der Waals surface area contributed by atoms with E-state index in [2.05, 4.69) is 24.1 Å². The van der Waals surface area contributed by atoms with Gasteiger partial charge in [-0.15, -0.1) is 0 Å². The van der Waals surface area contributed by atoms with Crippen molar-refractivity contribution >= 4 is 0 Å². The van der Waals surface area contributed by atoms with Crippen LogP contribution in [0, 0.1) is 5.92 Å². The maximum Gasteiger partial charge on any atom is 0.0223 e. The first-order valence-corrected chi connectivity index (χ1v) is 8.31. The molecule has 2 aliphatic rings. The number of hydrogen-bond donors (Lipinski definition) is 1. The molecule has 1 aliphatic heterocycles. The Morgan fingerprint density at radius 1 is 1.06 bits per heavy atom. The van der Waals surface area contributed by atoms with Crippen molar-refractivity contribution < 1.29 is 0 Å². The fourth-order valence-electron chi connectivity index (χ4n) is 3.97. The van der Waals surface area contributed by atoms with E-state index in [1.54, 1.807) is 0 Å². The van der Waals surface area contributed by atoms with Gasteiger partial charge in [0.1, 0.15) is 0 Å². The van der Waals surface area contributed by atoms with Crippen molar-refractivity contribution in [2.24, 2.45) is 5.92 Å². The highest BCUT2D eigenvalue weighted by molar-refractivity contribution is 4.87. The van der Waals surface area contributed by atoms with Gasteiger partial charge in [0.05, 0.1) is 0 Å². The Morgan fingerprint density at radius 3 is 2.72 bits per heavy atom. The summed E-state index contributed by atoms with van der Waals surface area (Å²) in [4.78, 5) is 2.87. The molecule has 1 saturated heterocycles. The molecule has 0 amide bonds. The van der Waals surface area contributed by atoms with Crippen molar-refractivity contribution in [2.75, 3.05) is 19.6 Å². The maximum atomic E-state index is 3.57. The molecule has 1 saturated carbocycles. The van der Waals surface area contributed by atoms with Gasteiger partial charge in [0.15, 0.2) is 0 Å². The lowest BCUT2D eigenvalue weighted by atomic mass is 9.82. The normalized spacial score (nSPS) is 34.7. The van der Waals surface area contributed by atoms with Gasteiger partial charge in [0, 0.05) is 18.6 Å². The molecule has 2 nitrogen and oxygen atoms in total. The Balaban J connectivity index is 1.90. The van der Waals surface area contributed by atoms with Crippen molar-refractivity contribution in [1.82, 2.24) is 10.2 Å². The van der Waals surface area contributed by atoms with Gasteiger partial charge in [0.25, 0.3) is 0 Å². The summed E-state index contributed by atoms with van der Waals surface area (Å²) in [6.07, 6.45) is 11.6. The Hall–Kier alpha value is -0.0800. The van der Waals surface area contributed by atoms with Crippen LogP contribution in [0.4, 0.5) is 0 Å². The molecule has 0 spiro atoms. The molecule has 1 heterocycles. The zero-order valence-electron chi connectivity index (χ0n) is 12.5. The molecule has 1 aliphatic carbocycles. The quantitative estimate of drug-likeness (QED) is 0.806. The van der Waals surface area contributed by atoms with E-state index < -0.39 is 0 Å². The molecule has 18 heavy (non-hydrogen) atoms. The topological polar surface area (TPSA) is 15.3 Å². The molecule has 0 aromatic carbocycles. The predicted octanol–water partition coefficient (Wildman–Crippen LogP) is 3.42. The van der Waals surface area contributed by atoms with Gasteiger partial charge in [-0.1, -0.05) is 39.5 Å². The van der Waals surface area contributed by atoms with Crippen LogP contribution in [0.1, 0.15) is 65.2 Å². The summed E-state index contributed by atoms with van der Waals surface area (Å²) in [6.45, 7) is 8.29. The third-order valence-electron chi connectivity index (χ3n) is 5.10. The molecule has 1 N–H and O–H groups in total. The van der Waals surface area contributed by atoms with Crippen LogP contribution in [0.5, 0.6) is 0 Å². The van der Waals surface area contributed by atoms with Gasteiger partial charge >= 0.3 is 0 Å². The third kappa shape index (κ3) is 3.71.